The molecule has 0 spiro atoms. The standard InChI is InChI=1S/C22H23ClN2O4/c1-13(2)29-21(26)19-14(3)24-22(27)25-20(19)16-5-4-6-18(11-16)28-12-15-7-9-17(23)10-8-15/h4-11,13,20H,12H2,1-3H3,(H2,24,25,27). The number of benzene rings is 2. The number of esters is 1. The van der Waals surface area contributed by atoms with Crippen LogP contribution in [0.3, 0.4) is 0 Å². The van der Waals surface area contributed by atoms with Crippen LogP contribution in [0, 0.1) is 0 Å². The molecule has 2 N–H and O–H groups in total. The number of hydrogen-bond donors (Lipinski definition) is 2. The highest BCUT2D eigenvalue weighted by molar-refractivity contribution is 6.30. The second-order valence-corrected chi connectivity index (χ2v) is 7.45. The zero-order valence-electron chi connectivity index (χ0n) is 16.5. The quantitative estimate of drug-likeness (QED) is 0.682. The van der Waals surface area contributed by atoms with Crippen LogP contribution in [-0.4, -0.2) is 18.1 Å². The van der Waals surface area contributed by atoms with Gasteiger partial charge in [-0.15, -0.1) is 0 Å². The summed E-state index contributed by atoms with van der Waals surface area (Å²) >= 11 is 5.91. The number of hydrogen-bond acceptors (Lipinski definition) is 4. The van der Waals surface area contributed by atoms with Gasteiger partial charge in [0.25, 0.3) is 0 Å². The fourth-order valence-electron chi connectivity index (χ4n) is 3.02. The van der Waals surface area contributed by atoms with Crippen LogP contribution in [0.4, 0.5) is 4.79 Å². The van der Waals surface area contributed by atoms with Crippen LogP contribution in [0.15, 0.2) is 59.8 Å². The molecule has 29 heavy (non-hydrogen) atoms. The van der Waals surface area contributed by atoms with Crippen LogP contribution in [0.2, 0.25) is 5.02 Å². The Hall–Kier alpha value is -2.99. The molecule has 1 heterocycles. The number of carbonyl (C=O) groups excluding carboxylic acids is 2. The summed E-state index contributed by atoms with van der Waals surface area (Å²) in [6.45, 7) is 5.62. The van der Waals surface area contributed by atoms with Crippen molar-refractivity contribution in [3.63, 3.8) is 0 Å². The van der Waals surface area contributed by atoms with E-state index in [0.717, 1.165) is 11.1 Å². The van der Waals surface area contributed by atoms with Crippen molar-refractivity contribution in [2.24, 2.45) is 0 Å². The Labute approximate surface area is 174 Å². The number of allylic oxidation sites excluding steroid dienone is 1. The molecule has 2 amide bonds. The van der Waals surface area contributed by atoms with Gasteiger partial charge in [0.05, 0.1) is 17.7 Å². The molecule has 0 aliphatic carbocycles. The number of urea groups is 1. The molecule has 0 aromatic heterocycles. The molecule has 0 fully saturated rings. The van der Waals surface area contributed by atoms with Crippen molar-refractivity contribution < 1.29 is 19.1 Å². The lowest BCUT2D eigenvalue weighted by Crippen LogP contribution is -2.45. The molecule has 2 aromatic carbocycles. The lowest BCUT2D eigenvalue weighted by Gasteiger charge is -2.28. The molecule has 2 aromatic rings. The zero-order valence-corrected chi connectivity index (χ0v) is 17.2. The van der Waals surface area contributed by atoms with Crippen molar-refractivity contribution in [1.29, 1.82) is 0 Å². The Morgan fingerprint density at radius 2 is 1.90 bits per heavy atom. The summed E-state index contributed by atoms with van der Waals surface area (Å²) in [7, 11) is 0. The van der Waals surface area contributed by atoms with Crippen LogP contribution in [0.5, 0.6) is 5.75 Å². The molecule has 0 radical (unpaired) electrons. The molecule has 0 saturated heterocycles. The average molecular weight is 415 g/mol. The highest BCUT2D eigenvalue weighted by atomic mass is 35.5. The zero-order chi connectivity index (χ0) is 21.0. The molecule has 1 atom stereocenters. The predicted molar refractivity (Wildman–Crippen MR) is 111 cm³/mol. The molecule has 0 bridgehead atoms. The minimum Gasteiger partial charge on any atom is -0.489 e. The van der Waals surface area contributed by atoms with Crippen molar-refractivity contribution in [1.82, 2.24) is 10.6 Å². The van der Waals surface area contributed by atoms with E-state index in [1.54, 1.807) is 32.9 Å². The van der Waals surface area contributed by atoms with Crippen LogP contribution in [-0.2, 0) is 16.1 Å². The number of halogens is 1. The Balaban J connectivity index is 1.83. The minimum atomic E-state index is -0.630. The monoisotopic (exact) mass is 414 g/mol. The lowest BCUT2D eigenvalue weighted by molar-refractivity contribution is -0.143. The first-order valence-corrected chi connectivity index (χ1v) is 9.67. The molecule has 1 unspecified atom stereocenters. The molecule has 1 aliphatic rings. The van der Waals surface area contributed by atoms with Gasteiger partial charge in [-0.1, -0.05) is 35.9 Å². The van der Waals surface area contributed by atoms with Crippen molar-refractivity contribution in [2.45, 2.75) is 39.5 Å². The van der Waals surface area contributed by atoms with E-state index in [1.165, 1.54) is 0 Å². The van der Waals surface area contributed by atoms with E-state index in [-0.39, 0.29) is 12.1 Å². The average Bonchev–Trinajstić information content (AvgIpc) is 2.66. The molecule has 152 valence electrons. The molecule has 3 rings (SSSR count). The van der Waals surface area contributed by atoms with Crippen LogP contribution >= 0.6 is 11.6 Å². The summed E-state index contributed by atoms with van der Waals surface area (Å²) in [6.07, 6.45) is -0.268. The Morgan fingerprint density at radius 1 is 1.17 bits per heavy atom. The second-order valence-electron chi connectivity index (χ2n) is 7.01. The van der Waals surface area contributed by atoms with E-state index >= 15 is 0 Å². The van der Waals surface area contributed by atoms with Gasteiger partial charge in [0.2, 0.25) is 0 Å². The SMILES string of the molecule is CC1=C(C(=O)OC(C)C)C(c2cccc(OCc3ccc(Cl)cc3)c2)NC(=O)N1. The maximum atomic E-state index is 12.6. The first-order chi connectivity index (χ1) is 13.8. The number of rotatable bonds is 6. The number of nitrogens with one attached hydrogen (secondary N) is 2. The summed E-state index contributed by atoms with van der Waals surface area (Å²) in [5.41, 5.74) is 2.54. The van der Waals surface area contributed by atoms with E-state index < -0.39 is 12.0 Å². The van der Waals surface area contributed by atoms with E-state index in [9.17, 15) is 9.59 Å². The van der Waals surface area contributed by atoms with Crippen LogP contribution in [0.25, 0.3) is 0 Å². The van der Waals surface area contributed by atoms with Crippen molar-refractivity contribution in [3.8, 4) is 5.75 Å². The van der Waals surface area contributed by atoms with Gasteiger partial charge in [-0.05, 0) is 56.2 Å². The maximum absolute atomic E-state index is 12.6. The Kier molecular flexibility index (Phi) is 6.44. The number of ether oxygens (including phenoxy) is 2. The second kappa shape index (κ2) is 9.01. The van der Waals surface area contributed by atoms with Gasteiger partial charge in [-0.3, -0.25) is 0 Å². The third-order valence-electron chi connectivity index (χ3n) is 4.34. The fourth-order valence-corrected chi connectivity index (χ4v) is 3.15. The molecular weight excluding hydrogens is 392 g/mol. The highest BCUT2D eigenvalue weighted by Gasteiger charge is 2.32. The van der Waals surface area contributed by atoms with Gasteiger partial charge in [0.1, 0.15) is 12.4 Å². The summed E-state index contributed by atoms with van der Waals surface area (Å²) < 4.78 is 11.2. The lowest BCUT2D eigenvalue weighted by atomic mass is 9.95. The summed E-state index contributed by atoms with van der Waals surface area (Å²) in [5, 5.41) is 6.10. The Bertz CT molecular complexity index is 938. The summed E-state index contributed by atoms with van der Waals surface area (Å²) in [6, 6.07) is 13.7. The molecule has 6 nitrogen and oxygen atoms in total. The predicted octanol–water partition coefficient (Wildman–Crippen LogP) is 4.50. The van der Waals surface area contributed by atoms with Gasteiger partial charge in [0, 0.05) is 10.7 Å². The third-order valence-corrected chi connectivity index (χ3v) is 4.59. The normalized spacial score (nSPS) is 16.3. The summed E-state index contributed by atoms with van der Waals surface area (Å²) in [5.74, 6) is 0.155. The van der Waals surface area contributed by atoms with Gasteiger partial charge < -0.3 is 20.1 Å². The maximum Gasteiger partial charge on any atom is 0.338 e. The minimum absolute atomic E-state index is 0.268. The number of carbonyl (C=O) groups is 2. The molecule has 1 aliphatic heterocycles. The molecular formula is C22H23ClN2O4. The highest BCUT2D eigenvalue weighted by Crippen LogP contribution is 2.30. The topological polar surface area (TPSA) is 76.7 Å². The number of amides is 2. The smallest absolute Gasteiger partial charge is 0.338 e. The Morgan fingerprint density at radius 3 is 2.59 bits per heavy atom. The van der Waals surface area contributed by atoms with Crippen molar-refractivity contribution >= 4 is 23.6 Å². The largest absolute Gasteiger partial charge is 0.489 e. The third kappa shape index (κ3) is 5.29. The van der Waals surface area contributed by atoms with Gasteiger partial charge in [0.15, 0.2) is 0 Å². The molecule has 0 saturated carbocycles. The van der Waals surface area contributed by atoms with Gasteiger partial charge in [-0.2, -0.15) is 0 Å². The van der Waals surface area contributed by atoms with E-state index in [0.29, 0.717) is 28.6 Å². The first-order valence-electron chi connectivity index (χ1n) is 9.30. The van der Waals surface area contributed by atoms with Gasteiger partial charge in [-0.25, -0.2) is 9.59 Å². The van der Waals surface area contributed by atoms with E-state index in [1.807, 2.05) is 36.4 Å². The van der Waals surface area contributed by atoms with E-state index in [2.05, 4.69) is 10.6 Å². The fraction of sp³-hybridized carbons (Fsp3) is 0.273. The van der Waals surface area contributed by atoms with E-state index in [4.69, 9.17) is 21.1 Å². The van der Waals surface area contributed by atoms with Gasteiger partial charge >= 0.3 is 12.0 Å². The first kappa shape index (κ1) is 20.7. The van der Waals surface area contributed by atoms with Crippen molar-refractivity contribution in [2.75, 3.05) is 0 Å². The summed E-state index contributed by atoms with van der Waals surface area (Å²) in [4.78, 5) is 24.6. The molecule has 7 heteroatoms. The van der Waals surface area contributed by atoms with Crippen molar-refractivity contribution in [3.05, 3.63) is 76.0 Å². The van der Waals surface area contributed by atoms with Crippen LogP contribution in [0.1, 0.15) is 37.9 Å². The van der Waals surface area contributed by atoms with Crippen LogP contribution < -0.4 is 15.4 Å².